The summed E-state index contributed by atoms with van der Waals surface area (Å²) >= 11 is 0. The lowest BCUT2D eigenvalue weighted by Crippen LogP contribution is -2.45. The number of hydrogen-bond acceptors (Lipinski definition) is 3. The van der Waals surface area contributed by atoms with Crippen LogP contribution in [0.3, 0.4) is 0 Å². The summed E-state index contributed by atoms with van der Waals surface area (Å²) in [5.74, 6) is 2.00. The molecular formula is C11H21N3O2S. The quantitative estimate of drug-likeness (QED) is 0.558. The average Bonchev–Trinajstić information content (AvgIpc) is 2.79. The maximum absolute atomic E-state index is 11.4. The summed E-state index contributed by atoms with van der Waals surface area (Å²) in [6.07, 6.45) is 1.86. The molecule has 2 rings (SSSR count). The molecule has 17 heavy (non-hydrogen) atoms. The van der Waals surface area contributed by atoms with Gasteiger partial charge in [0.2, 0.25) is 0 Å². The minimum Gasteiger partial charge on any atom is -0.353 e. The Labute approximate surface area is 103 Å². The molecule has 1 saturated heterocycles. The van der Waals surface area contributed by atoms with E-state index in [9.17, 15) is 8.42 Å². The van der Waals surface area contributed by atoms with Gasteiger partial charge in [0.1, 0.15) is 0 Å². The molecule has 0 radical (unpaired) electrons. The van der Waals surface area contributed by atoms with Crippen molar-refractivity contribution in [2.75, 3.05) is 18.1 Å². The summed E-state index contributed by atoms with van der Waals surface area (Å²) < 4.78 is 22.7. The van der Waals surface area contributed by atoms with Crippen LogP contribution in [0.1, 0.15) is 26.7 Å². The fourth-order valence-electron chi connectivity index (χ4n) is 2.09. The molecule has 5 nitrogen and oxygen atoms in total. The van der Waals surface area contributed by atoms with Gasteiger partial charge in [-0.1, -0.05) is 6.92 Å². The molecule has 0 spiro atoms. The molecule has 98 valence electrons. The predicted molar refractivity (Wildman–Crippen MR) is 68.9 cm³/mol. The number of nitrogens with zero attached hydrogens (tertiary/aromatic N) is 1. The molecule has 0 aromatic heterocycles. The third-order valence-corrected chi connectivity index (χ3v) is 5.09. The summed E-state index contributed by atoms with van der Waals surface area (Å²) in [5, 5.41) is 6.56. The topological polar surface area (TPSA) is 70.6 Å². The molecule has 1 heterocycles. The molecule has 0 amide bonds. The van der Waals surface area contributed by atoms with E-state index in [4.69, 9.17) is 0 Å². The highest BCUT2D eigenvalue weighted by atomic mass is 32.2. The molecule has 2 fully saturated rings. The van der Waals surface area contributed by atoms with Gasteiger partial charge in [0, 0.05) is 18.6 Å². The van der Waals surface area contributed by atoms with Gasteiger partial charge >= 0.3 is 0 Å². The van der Waals surface area contributed by atoms with Crippen molar-refractivity contribution < 1.29 is 8.42 Å². The van der Waals surface area contributed by atoms with Gasteiger partial charge in [0.05, 0.1) is 11.5 Å². The molecule has 3 atom stereocenters. The highest BCUT2D eigenvalue weighted by molar-refractivity contribution is 7.91. The maximum atomic E-state index is 11.4. The van der Waals surface area contributed by atoms with Gasteiger partial charge < -0.3 is 10.6 Å². The Morgan fingerprint density at radius 3 is 2.59 bits per heavy atom. The van der Waals surface area contributed by atoms with Crippen molar-refractivity contribution >= 4 is 15.8 Å². The Hall–Kier alpha value is -0.780. The third-order valence-electron chi connectivity index (χ3n) is 3.32. The summed E-state index contributed by atoms with van der Waals surface area (Å²) in [6, 6.07) is 0.526. The van der Waals surface area contributed by atoms with Crippen molar-refractivity contribution in [3.63, 3.8) is 0 Å². The van der Waals surface area contributed by atoms with E-state index in [1.165, 1.54) is 6.42 Å². The average molecular weight is 259 g/mol. The first-order chi connectivity index (χ1) is 8.00. The van der Waals surface area contributed by atoms with Crippen LogP contribution in [0.5, 0.6) is 0 Å². The lowest BCUT2D eigenvalue weighted by Gasteiger charge is -2.16. The summed E-state index contributed by atoms with van der Waals surface area (Å²) in [4.78, 5) is 4.35. The Bertz CT molecular complexity index is 405. The van der Waals surface area contributed by atoms with Crippen molar-refractivity contribution in [2.24, 2.45) is 10.9 Å². The van der Waals surface area contributed by atoms with Gasteiger partial charge in [0.25, 0.3) is 0 Å². The summed E-state index contributed by atoms with van der Waals surface area (Å²) in [6.45, 7) is 4.88. The first-order valence-corrected chi connectivity index (χ1v) is 8.10. The van der Waals surface area contributed by atoms with Crippen molar-refractivity contribution in [1.29, 1.82) is 0 Å². The Morgan fingerprint density at radius 1 is 1.41 bits per heavy atom. The largest absolute Gasteiger partial charge is 0.353 e. The number of guanidine groups is 1. The molecule has 1 aliphatic heterocycles. The van der Waals surface area contributed by atoms with Crippen LogP contribution >= 0.6 is 0 Å². The first kappa shape index (κ1) is 12.7. The monoisotopic (exact) mass is 259 g/mol. The van der Waals surface area contributed by atoms with Crippen LogP contribution in [0.25, 0.3) is 0 Å². The van der Waals surface area contributed by atoms with Gasteiger partial charge in [-0.2, -0.15) is 0 Å². The van der Waals surface area contributed by atoms with Crippen molar-refractivity contribution in [1.82, 2.24) is 10.6 Å². The van der Waals surface area contributed by atoms with Crippen molar-refractivity contribution in [3.8, 4) is 0 Å². The number of sulfone groups is 1. The first-order valence-electron chi connectivity index (χ1n) is 6.28. The zero-order chi connectivity index (χ0) is 12.5. The Morgan fingerprint density at radius 2 is 2.12 bits per heavy atom. The molecule has 0 aromatic carbocycles. The lowest BCUT2D eigenvalue weighted by atomic mass is 10.3. The molecule has 2 aliphatic rings. The number of aliphatic imine (C=N–C) groups is 1. The van der Waals surface area contributed by atoms with E-state index < -0.39 is 9.84 Å². The standard InChI is InChI=1S/C11H21N3O2S/c1-3-12-11(14-10-6-8(10)2)13-9-4-5-17(15,16)7-9/h8-10H,3-7H2,1-2H3,(H2,12,13,14). The highest BCUT2D eigenvalue weighted by Gasteiger charge is 2.34. The Kier molecular flexibility index (Phi) is 3.61. The predicted octanol–water partition coefficient (Wildman–Crippen LogP) is 0.137. The molecular weight excluding hydrogens is 238 g/mol. The normalized spacial score (nSPS) is 35.6. The molecule has 1 saturated carbocycles. The van der Waals surface area contributed by atoms with Crippen LogP contribution in [-0.4, -0.2) is 44.5 Å². The van der Waals surface area contributed by atoms with Crippen molar-refractivity contribution in [2.45, 2.75) is 38.8 Å². The Balaban J connectivity index is 1.88. The van der Waals surface area contributed by atoms with Gasteiger partial charge in [-0.15, -0.1) is 0 Å². The summed E-state index contributed by atoms with van der Waals surface area (Å²) in [5.41, 5.74) is 0. The minimum absolute atomic E-state index is 0.0202. The maximum Gasteiger partial charge on any atom is 0.191 e. The second-order valence-corrected chi connectivity index (χ2v) is 7.26. The van der Waals surface area contributed by atoms with Crippen LogP contribution < -0.4 is 10.6 Å². The van der Waals surface area contributed by atoms with E-state index in [2.05, 4.69) is 22.5 Å². The lowest BCUT2D eigenvalue weighted by molar-refractivity contribution is 0.599. The van der Waals surface area contributed by atoms with Crippen molar-refractivity contribution in [3.05, 3.63) is 0 Å². The van der Waals surface area contributed by atoms with Crippen LogP contribution in [0.2, 0.25) is 0 Å². The van der Waals surface area contributed by atoms with E-state index in [-0.39, 0.29) is 11.8 Å². The molecule has 6 heteroatoms. The number of nitrogens with one attached hydrogen (secondary N) is 2. The van der Waals surface area contributed by atoms with E-state index in [1.807, 2.05) is 6.92 Å². The minimum atomic E-state index is -2.82. The smallest absolute Gasteiger partial charge is 0.191 e. The van der Waals surface area contributed by atoms with Gasteiger partial charge in [-0.25, -0.2) is 8.42 Å². The van der Waals surface area contributed by atoms with Crippen LogP contribution in [0.4, 0.5) is 0 Å². The van der Waals surface area contributed by atoms with Gasteiger partial charge in [-0.05, 0) is 25.7 Å². The molecule has 1 aliphatic carbocycles. The fourth-order valence-corrected chi connectivity index (χ4v) is 3.77. The summed E-state index contributed by atoms with van der Waals surface area (Å²) in [7, 11) is -2.82. The van der Waals surface area contributed by atoms with E-state index in [1.54, 1.807) is 0 Å². The fraction of sp³-hybridized carbons (Fsp3) is 0.909. The highest BCUT2D eigenvalue weighted by Crippen LogP contribution is 2.28. The van der Waals surface area contributed by atoms with E-state index >= 15 is 0 Å². The number of hydrogen-bond donors (Lipinski definition) is 2. The molecule has 3 unspecified atom stereocenters. The van der Waals surface area contributed by atoms with Gasteiger partial charge in [-0.3, -0.25) is 4.99 Å². The second kappa shape index (κ2) is 4.84. The molecule has 0 aromatic rings. The third kappa shape index (κ3) is 3.59. The van der Waals surface area contributed by atoms with Crippen LogP contribution in [0.15, 0.2) is 4.99 Å². The van der Waals surface area contributed by atoms with Crippen LogP contribution in [0, 0.1) is 5.92 Å². The zero-order valence-corrected chi connectivity index (χ0v) is 11.3. The molecule has 0 bridgehead atoms. The zero-order valence-electron chi connectivity index (χ0n) is 10.4. The van der Waals surface area contributed by atoms with E-state index in [0.717, 1.165) is 5.96 Å². The molecule has 2 N–H and O–H groups in total. The van der Waals surface area contributed by atoms with E-state index in [0.29, 0.717) is 30.7 Å². The number of rotatable bonds is 3. The SMILES string of the molecule is CCN=C(NC1CCS(=O)(=O)C1)NC1CC1C. The second-order valence-electron chi connectivity index (χ2n) is 5.03. The van der Waals surface area contributed by atoms with Gasteiger partial charge in [0.15, 0.2) is 15.8 Å². The van der Waals surface area contributed by atoms with Crippen LogP contribution in [-0.2, 0) is 9.84 Å².